The summed E-state index contributed by atoms with van der Waals surface area (Å²) in [6.45, 7) is 7.73. The normalized spacial score (nSPS) is 14.0. The molecule has 22 heavy (non-hydrogen) atoms. The van der Waals surface area contributed by atoms with E-state index < -0.39 is 5.82 Å². The molecule has 0 bridgehead atoms. The first-order valence-corrected chi connectivity index (χ1v) is 7.65. The summed E-state index contributed by atoms with van der Waals surface area (Å²) < 4.78 is 15.4. The van der Waals surface area contributed by atoms with Gasteiger partial charge >= 0.3 is 0 Å². The van der Waals surface area contributed by atoms with Crippen molar-refractivity contribution in [2.75, 3.05) is 0 Å². The van der Waals surface area contributed by atoms with Gasteiger partial charge in [-0.05, 0) is 44.4 Å². The Morgan fingerprint density at radius 1 is 1.14 bits per heavy atom. The Bertz CT molecular complexity index is 816. The van der Waals surface area contributed by atoms with Gasteiger partial charge in [0.1, 0.15) is 17.0 Å². The maximum atomic E-state index is 13.9. The molecule has 0 fully saturated rings. The number of aromatic nitrogens is 2. The largest absolute Gasteiger partial charge is 0.268 e. The Labute approximate surface area is 129 Å². The molecule has 0 saturated carbocycles. The molecular weight excluding hydrogens is 279 g/mol. The standard InChI is InChI=1S/C16H15FN2O.C2H6/c1-10-6-3-4-9-14(10)19-11(2)18-13-8-5-7-12(17)15(13)16(19)20;1-2/h5-9H,3-4H2,1-2H3;1-2H3. The number of hydrogen-bond acceptors (Lipinski definition) is 2. The number of halogens is 1. The van der Waals surface area contributed by atoms with E-state index in [4.69, 9.17) is 0 Å². The van der Waals surface area contributed by atoms with E-state index in [9.17, 15) is 9.18 Å². The van der Waals surface area contributed by atoms with Crippen LogP contribution >= 0.6 is 0 Å². The highest BCUT2D eigenvalue weighted by atomic mass is 19.1. The average molecular weight is 300 g/mol. The molecule has 0 saturated heterocycles. The fraction of sp³-hybridized carbons (Fsp3) is 0.333. The predicted molar refractivity (Wildman–Crippen MR) is 89.3 cm³/mol. The summed E-state index contributed by atoms with van der Waals surface area (Å²) >= 11 is 0. The van der Waals surface area contributed by atoms with Gasteiger partial charge in [0.25, 0.3) is 5.56 Å². The topological polar surface area (TPSA) is 34.9 Å². The molecule has 1 heterocycles. The Hall–Kier alpha value is -2.23. The minimum absolute atomic E-state index is 0.0531. The summed E-state index contributed by atoms with van der Waals surface area (Å²) in [5.74, 6) is 0.0563. The predicted octanol–water partition coefficient (Wildman–Crippen LogP) is 4.45. The van der Waals surface area contributed by atoms with Gasteiger partial charge in [0, 0.05) is 5.70 Å². The van der Waals surface area contributed by atoms with Crippen molar-refractivity contribution < 1.29 is 4.39 Å². The summed E-state index contributed by atoms with van der Waals surface area (Å²) in [4.78, 5) is 17.0. The fourth-order valence-corrected chi connectivity index (χ4v) is 2.64. The van der Waals surface area contributed by atoms with Crippen molar-refractivity contribution in [2.24, 2.45) is 0 Å². The summed E-state index contributed by atoms with van der Waals surface area (Å²) in [7, 11) is 0. The number of fused-ring (bicyclic) bond motifs is 1. The Morgan fingerprint density at radius 3 is 2.50 bits per heavy atom. The molecule has 0 spiro atoms. The lowest BCUT2D eigenvalue weighted by Gasteiger charge is -2.18. The van der Waals surface area contributed by atoms with Crippen LogP contribution in [0.5, 0.6) is 0 Å². The van der Waals surface area contributed by atoms with Crippen LogP contribution in [0.2, 0.25) is 0 Å². The van der Waals surface area contributed by atoms with Gasteiger partial charge in [0.2, 0.25) is 0 Å². The second-order valence-corrected chi connectivity index (χ2v) is 4.99. The zero-order valence-corrected chi connectivity index (χ0v) is 13.5. The van der Waals surface area contributed by atoms with Crippen molar-refractivity contribution in [3.63, 3.8) is 0 Å². The molecule has 0 N–H and O–H groups in total. The van der Waals surface area contributed by atoms with E-state index >= 15 is 0 Å². The van der Waals surface area contributed by atoms with Gasteiger partial charge in [0.15, 0.2) is 0 Å². The van der Waals surface area contributed by atoms with Crippen molar-refractivity contribution in [3.8, 4) is 0 Å². The van der Waals surface area contributed by atoms with Gasteiger partial charge < -0.3 is 0 Å². The van der Waals surface area contributed by atoms with E-state index in [-0.39, 0.29) is 10.9 Å². The summed E-state index contributed by atoms with van der Waals surface area (Å²) in [5, 5.41) is 0.0531. The third-order valence-corrected chi connectivity index (χ3v) is 3.61. The number of aryl methyl sites for hydroxylation is 1. The van der Waals surface area contributed by atoms with Gasteiger partial charge in [-0.2, -0.15) is 0 Å². The average Bonchev–Trinajstić information content (AvgIpc) is 2.51. The smallest absolute Gasteiger partial charge is 0.268 e. The summed E-state index contributed by atoms with van der Waals surface area (Å²) in [6, 6.07) is 4.52. The minimum Gasteiger partial charge on any atom is -0.268 e. The summed E-state index contributed by atoms with van der Waals surface area (Å²) in [6.07, 6.45) is 5.96. The molecule has 4 heteroatoms. The van der Waals surface area contributed by atoms with E-state index in [1.54, 1.807) is 19.1 Å². The number of nitrogens with zero attached hydrogens (tertiary/aromatic N) is 2. The quantitative estimate of drug-likeness (QED) is 0.779. The van der Waals surface area contributed by atoms with E-state index in [1.165, 1.54) is 10.6 Å². The lowest BCUT2D eigenvalue weighted by molar-refractivity contribution is 0.637. The molecule has 116 valence electrons. The van der Waals surface area contributed by atoms with Gasteiger partial charge in [-0.3, -0.25) is 9.36 Å². The third kappa shape index (κ3) is 2.73. The van der Waals surface area contributed by atoms with E-state index in [1.807, 2.05) is 26.8 Å². The van der Waals surface area contributed by atoms with Crippen molar-refractivity contribution in [1.29, 1.82) is 0 Å². The molecule has 0 radical (unpaired) electrons. The molecule has 2 aromatic rings. The first kappa shape index (κ1) is 16.1. The molecule has 1 aromatic heterocycles. The van der Waals surface area contributed by atoms with Gasteiger partial charge in [-0.15, -0.1) is 0 Å². The number of hydrogen-bond donors (Lipinski definition) is 0. The van der Waals surface area contributed by atoms with Crippen molar-refractivity contribution in [2.45, 2.75) is 40.5 Å². The van der Waals surface area contributed by atoms with E-state index in [0.717, 1.165) is 24.1 Å². The molecule has 1 aromatic carbocycles. The fourth-order valence-electron chi connectivity index (χ4n) is 2.64. The van der Waals surface area contributed by atoms with Crippen LogP contribution in [0.3, 0.4) is 0 Å². The highest BCUT2D eigenvalue weighted by Gasteiger charge is 2.16. The molecule has 0 amide bonds. The van der Waals surface area contributed by atoms with Crippen LogP contribution in [-0.4, -0.2) is 9.55 Å². The zero-order valence-electron chi connectivity index (χ0n) is 13.5. The molecule has 1 aliphatic rings. The van der Waals surface area contributed by atoms with E-state index in [2.05, 4.69) is 11.1 Å². The molecule has 0 atom stereocenters. The first-order valence-electron chi connectivity index (χ1n) is 7.65. The second kappa shape index (κ2) is 6.69. The SMILES string of the molecule is CC.CC1=CCCC=C1n1c(C)nc2cccc(F)c2c1=O. The van der Waals surface area contributed by atoms with Crippen molar-refractivity contribution >= 4 is 16.6 Å². The molecular formula is C18H21FN2O. The van der Waals surface area contributed by atoms with Crippen molar-refractivity contribution in [1.82, 2.24) is 9.55 Å². The molecule has 3 rings (SSSR count). The van der Waals surface area contributed by atoms with Crippen LogP contribution in [0, 0.1) is 12.7 Å². The number of benzene rings is 1. The van der Waals surface area contributed by atoms with Gasteiger partial charge in [-0.1, -0.05) is 32.1 Å². The highest BCUT2D eigenvalue weighted by molar-refractivity contribution is 5.80. The highest BCUT2D eigenvalue weighted by Crippen LogP contribution is 2.23. The monoisotopic (exact) mass is 300 g/mol. The maximum Gasteiger partial charge on any atom is 0.268 e. The van der Waals surface area contributed by atoms with Gasteiger partial charge in [-0.25, -0.2) is 9.37 Å². The number of allylic oxidation sites excluding steroid dienone is 4. The third-order valence-electron chi connectivity index (χ3n) is 3.61. The van der Waals surface area contributed by atoms with Crippen LogP contribution in [0.4, 0.5) is 4.39 Å². The van der Waals surface area contributed by atoms with Crippen molar-refractivity contribution in [3.05, 3.63) is 57.9 Å². The van der Waals surface area contributed by atoms with E-state index in [0.29, 0.717) is 11.3 Å². The first-order chi connectivity index (χ1) is 10.6. The van der Waals surface area contributed by atoms with Gasteiger partial charge in [0.05, 0.1) is 5.52 Å². The van der Waals surface area contributed by atoms with Crippen LogP contribution in [0.15, 0.2) is 40.7 Å². The Kier molecular flexibility index (Phi) is 4.91. The molecule has 0 unspecified atom stereocenters. The second-order valence-electron chi connectivity index (χ2n) is 4.99. The molecule has 0 aliphatic heterocycles. The number of rotatable bonds is 1. The van der Waals surface area contributed by atoms with Crippen LogP contribution in [0.1, 0.15) is 39.4 Å². The lowest BCUT2D eigenvalue weighted by Crippen LogP contribution is -2.25. The molecule has 1 aliphatic carbocycles. The van der Waals surface area contributed by atoms with Crippen LogP contribution in [0.25, 0.3) is 16.6 Å². The Balaban J connectivity index is 0.000000847. The minimum atomic E-state index is -0.521. The van der Waals surface area contributed by atoms with Crippen LogP contribution < -0.4 is 5.56 Å². The summed E-state index contributed by atoms with van der Waals surface area (Å²) in [5.41, 5.74) is 1.91. The molecule has 3 nitrogen and oxygen atoms in total. The Morgan fingerprint density at radius 2 is 1.82 bits per heavy atom. The van der Waals surface area contributed by atoms with Crippen LogP contribution in [-0.2, 0) is 0 Å². The lowest BCUT2D eigenvalue weighted by atomic mass is 10.0. The maximum absolute atomic E-state index is 13.9. The zero-order chi connectivity index (χ0) is 16.3.